The average Bonchev–Trinajstić information content (AvgIpc) is 3.01. The molecule has 0 unspecified atom stereocenters. The standard InChI is InChI=1S/C40H33BN2O/c1-26-19-27(2)22-32(21-26)42(30-13-7-5-8-14-30)33-24-36-40-38(25-33)44-37-18-12-11-17-34(37)41(40)39-29(4)20-28(3)23-35(39)43(36)31-15-9-6-10-16-31/h5-25H,1-4H3. The minimum Gasteiger partial charge on any atom is -0.458 e. The topological polar surface area (TPSA) is 15.7 Å². The highest BCUT2D eigenvalue weighted by Gasteiger charge is 2.43. The van der Waals surface area contributed by atoms with Gasteiger partial charge in [-0.15, -0.1) is 0 Å². The third-order valence-electron chi connectivity index (χ3n) is 8.88. The summed E-state index contributed by atoms with van der Waals surface area (Å²) in [6.45, 7) is 8.85. The molecule has 0 fully saturated rings. The molecule has 0 radical (unpaired) electrons. The van der Waals surface area contributed by atoms with Gasteiger partial charge in [0, 0.05) is 34.5 Å². The van der Waals surface area contributed by atoms with E-state index < -0.39 is 0 Å². The largest absolute Gasteiger partial charge is 0.458 e. The summed E-state index contributed by atoms with van der Waals surface area (Å²) in [5.41, 5.74) is 15.6. The van der Waals surface area contributed by atoms with E-state index in [1.165, 1.54) is 44.3 Å². The van der Waals surface area contributed by atoms with E-state index in [1.807, 2.05) is 0 Å². The van der Waals surface area contributed by atoms with Crippen molar-refractivity contribution in [3.05, 3.63) is 150 Å². The zero-order valence-electron chi connectivity index (χ0n) is 25.5. The molecule has 212 valence electrons. The Labute approximate surface area is 260 Å². The average molecular weight is 569 g/mol. The summed E-state index contributed by atoms with van der Waals surface area (Å²) in [5, 5.41) is 0. The summed E-state index contributed by atoms with van der Waals surface area (Å²) in [4.78, 5) is 4.80. The van der Waals surface area contributed by atoms with Crippen LogP contribution in [0, 0.1) is 27.7 Å². The van der Waals surface area contributed by atoms with E-state index >= 15 is 0 Å². The van der Waals surface area contributed by atoms with Crippen LogP contribution in [0.25, 0.3) is 0 Å². The Kier molecular flexibility index (Phi) is 6.13. The fraction of sp³-hybridized carbons (Fsp3) is 0.100. The van der Waals surface area contributed by atoms with Gasteiger partial charge in [-0.2, -0.15) is 0 Å². The summed E-state index contributed by atoms with van der Waals surface area (Å²) in [6, 6.07) is 45.9. The Morgan fingerprint density at radius 2 is 1.14 bits per heavy atom. The van der Waals surface area contributed by atoms with Crippen molar-refractivity contribution in [3.8, 4) is 11.5 Å². The van der Waals surface area contributed by atoms with E-state index in [2.05, 4.69) is 165 Å². The lowest BCUT2D eigenvalue weighted by atomic mass is 9.33. The second-order valence-electron chi connectivity index (χ2n) is 12.2. The van der Waals surface area contributed by atoms with Gasteiger partial charge in [0.2, 0.25) is 0 Å². The monoisotopic (exact) mass is 568 g/mol. The molecular formula is C40H33BN2O. The van der Waals surface area contributed by atoms with E-state index in [4.69, 9.17) is 4.74 Å². The lowest BCUT2D eigenvalue weighted by Gasteiger charge is -2.42. The Balaban J connectivity index is 1.46. The van der Waals surface area contributed by atoms with E-state index in [0.29, 0.717) is 0 Å². The number of hydrogen-bond donors (Lipinski definition) is 0. The molecule has 8 rings (SSSR count). The first-order valence-corrected chi connectivity index (χ1v) is 15.3. The van der Waals surface area contributed by atoms with Gasteiger partial charge in [-0.3, -0.25) is 0 Å². The van der Waals surface area contributed by atoms with E-state index in [1.54, 1.807) is 0 Å². The van der Waals surface area contributed by atoms with Crippen LogP contribution in [0.4, 0.5) is 34.1 Å². The Bertz CT molecular complexity index is 2030. The van der Waals surface area contributed by atoms with Crippen LogP contribution in [0.5, 0.6) is 11.5 Å². The second-order valence-corrected chi connectivity index (χ2v) is 12.2. The van der Waals surface area contributed by atoms with Crippen molar-refractivity contribution in [2.45, 2.75) is 27.7 Å². The number of para-hydroxylation sites is 3. The molecule has 2 heterocycles. The first-order chi connectivity index (χ1) is 21.5. The Morgan fingerprint density at radius 1 is 0.523 bits per heavy atom. The molecule has 0 aliphatic carbocycles. The van der Waals surface area contributed by atoms with Crippen molar-refractivity contribution in [2.75, 3.05) is 9.80 Å². The maximum absolute atomic E-state index is 6.84. The van der Waals surface area contributed by atoms with Crippen LogP contribution in [0.3, 0.4) is 0 Å². The van der Waals surface area contributed by atoms with E-state index in [9.17, 15) is 0 Å². The van der Waals surface area contributed by atoms with Gasteiger partial charge in [-0.05, 0) is 115 Å². The number of fused-ring (bicyclic) bond motifs is 4. The van der Waals surface area contributed by atoms with Gasteiger partial charge in [-0.25, -0.2) is 0 Å². The van der Waals surface area contributed by atoms with Crippen LogP contribution in [0.1, 0.15) is 22.3 Å². The molecule has 0 bridgehead atoms. The third-order valence-corrected chi connectivity index (χ3v) is 8.88. The van der Waals surface area contributed by atoms with Crippen LogP contribution >= 0.6 is 0 Å². The fourth-order valence-electron chi connectivity index (χ4n) is 7.28. The van der Waals surface area contributed by atoms with E-state index in [-0.39, 0.29) is 6.71 Å². The number of benzene rings is 6. The van der Waals surface area contributed by atoms with Gasteiger partial charge in [-0.1, -0.05) is 72.3 Å². The van der Waals surface area contributed by atoms with Gasteiger partial charge in [0.1, 0.15) is 11.5 Å². The van der Waals surface area contributed by atoms with Gasteiger partial charge in [0.25, 0.3) is 6.71 Å². The summed E-state index contributed by atoms with van der Waals surface area (Å²) < 4.78 is 6.84. The molecule has 0 saturated heterocycles. The van der Waals surface area contributed by atoms with Crippen LogP contribution in [0.15, 0.2) is 127 Å². The molecule has 3 nitrogen and oxygen atoms in total. The minimum atomic E-state index is 0.0703. The number of aryl methyl sites for hydroxylation is 4. The highest BCUT2D eigenvalue weighted by Crippen LogP contribution is 2.46. The van der Waals surface area contributed by atoms with Crippen molar-refractivity contribution in [1.82, 2.24) is 0 Å². The van der Waals surface area contributed by atoms with Crippen molar-refractivity contribution in [2.24, 2.45) is 0 Å². The van der Waals surface area contributed by atoms with Crippen LogP contribution in [-0.4, -0.2) is 6.71 Å². The predicted octanol–water partition coefficient (Wildman–Crippen LogP) is 8.80. The quantitative estimate of drug-likeness (QED) is 0.197. The van der Waals surface area contributed by atoms with E-state index in [0.717, 1.165) is 39.9 Å². The molecule has 0 amide bonds. The molecule has 0 saturated carbocycles. The number of nitrogens with zero attached hydrogens (tertiary/aromatic N) is 2. The zero-order valence-corrected chi connectivity index (χ0v) is 25.5. The smallest absolute Gasteiger partial charge is 0.256 e. The fourth-order valence-corrected chi connectivity index (χ4v) is 7.28. The maximum Gasteiger partial charge on any atom is 0.256 e. The number of ether oxygens (including phenoxy) is 1. The van der Waals surface area contributed by atoms with Crippen molar-refractivity contribution < 1.29 is 4.74 Å². The molecular weight excluding hydrogens is 535 g/mol. The van der Waals surface area contributed by atoms with Crippen molar-refractivity contribution in [3.63, 3.8) is 0 Å². The highest BCUT2D eigenvalue weighted by atomic mass is 16.5. The second kappa shape index (κ2) is 10.2. The molecule has 6 aromatic carbocycles. The molecule has 2 aliphatic rings. The van der Waals surface area contributed by atoms with Crippen molar-refractivity contribution in [1.29, 1.82) is 0 Å². The Hall–Kier alpha value is -5.22. The molecule has 4 heteroatoms. The normalized spacial score (nSPS) is 12.6. The molecule has 0 atom stereocenters. The predicted molar refractivity (Wildman–Crippen MR) is 186 cm³/mol. The molecule has 44 heavy (non-hydrogen) atoms. The summed E-state index contributed by atoms with van der Waals surface area (Å²) in [6.07, 6.45) is 0. The van der Waals surface area contributed by atoms with Gasteiger partial charge in [0.05, 0.1) is 5.69 Å². The lowest BCUT2D eigenvalue weighted by Crippen LogP contribution is -2.60. The van der Waals surface area contributed by atoms with Crippen LogP contribution in [-0.2, 0) is 0 Å². The molecule has 6 aromatic rings. The van der Waals surface area contributed by atoms with Crippen LogP contribution < -0.4 is 30.9 Å². The molecule has 2 aliphatic heterocycles. The first kappa shape index (κ1) is 26.4. The molecule has 0 N–H and O–H groups in total. The summed E-state index contributed by atoms with van der Waals surface area (Å²) in [7, 11) is 0. The lowest BCUT2D eigenvalue weighted by molar-refractivity contribution is 0.487. The third kappa shape index (κ3) is 4.21. The van der Waals surface area contributed by atoms with Gasteiger partial charge in [0.15, 0.2) is 0 Å². The highest BCUT2D eigenvalue weighted by molar-refractivity contribution is 6.99. The van der Waals surface area contributed by atoms with Crippen molar-refractivity contribution >= 4 is 57.2 Å². The molecule has 0 spiro atoms. The first-order valence-electron chi connectivity index (χ1n) is 15.3. The SMILES string of the molecule is Cc1cc(C)cc(N(c2ccccc2)c2cc3c4c(c2)N(c2ccccc2)c2cc(C)cc(C)c2B4c2ccccc2O3)c1. The van der Waals surface area contributed by atoms with Crippen LogP contribution in [0.2, 0.25) is 0 Å². The number of rotatable bonds is 4. The van der Waals surface area contributed by atoms with Gasteiger partial charge >= 0.3 is 0 Å². The summed E-state index contributed by atoms with van der Waals surface area (Å²) >= 11 is 0. The number of anilines is 6. The minimum absolute atomic E-state index is 0.0703. The Morgan fingerprint density at radius 3 is 1.89 bits per heavy atom. The summed E-state index contributed by atoms with van der Waals surface area (Å²) in [5.74, 6) is 1.82. The number of hydrogen-bond acceptors (Lipinski definition) is 3. The zero-order chi connectivity index (χ0) is 29.9. The maximum atomic E-state index is 6.84. The molecule has 0 aromatic heterocycles. The van der Waals surface area contributed by atoms with Gasteiger partial charge < -0.3 is 14.5 Å².